The first-order valence-electron chi connectivity index (χ1n) is 16.4. The van der Waals surface area contributed by atoms with Gasteiger partial charge in [-0.1, -0.05) is 41.5 Å². The summed E-state index contributed by atoms with van der Waals surface area (Å²) in [4.78, 5) is 110. The van der Waals surface area contributed by atoms with Crippen LogP contribution >= 0.6 is 0 Å². The number of carbonyl (C=O) groups excluding carboxylic acids is 8. The van der Waals surface area contributed by atoms with Crippen LogP contribution < -0.4 is 48.3 Å². The van der Waals surface area contributed by atoms with E-state index < -0.39 is 116 Å². The van der Waals surface area contributed by atoms with E-state index >= 15 is 0 Å². The molecule has 0 aromatic rings. The van der Waals surface area contributed by atoms with E-state index in [1.54, 1.807) is 27.7 Å². The monoisotopic (exact) mass is 713 g/mol. The highest BCUT2D eigenvalue weighted by molar-refractivity contribution is 5.95. The molecule has 19 nitrogen and oxygen atoms in total. The van der Waals surface area contributed by atoms with E-state index in [4.69, 9.17) is 5.73 Å². The number of carbonyl (C=O) groups is 9. The van der Waals surface area contributed by atoms with Gasteiger partial charge in [0.15, 0.2) is 0 Å². The van der Waals surface area contributed by atoms with Crippen LogP contribution in [0.5, 0.6) is 0 Å². The van der Waals surface area contributed by atoms with E-state index in [1.165, 1.54) is 13.8 Å². The number of aliphatic carboxylic acids is 1. The molecule has 0 saturated carbocycles. The van der Waals surface area contributed by atoms with Gasteiger partial charge in [0.05, 0.1) is 32.2 Å². The van der Waals surface area contributed by atoms with E-state index in [2.05, 4.69) is 42.5 Å². The normalized spacial score (nSPS) is 13.9. The lowest BCUT2D eigenvalue weighted by molar-refractivity contribution is -0.143. The average Bonchev–Trinajstić information content (AvgIpc) is 3.01. The summed E-state index contributed by atoms with van der Waals surface area (Å²) < 4.78 is 0. The summed E-state index contributed by atoms with van der Waals surface area (Å²) in [5, 5.41) is 28.3. The number of nitrogens with one attached hydrogen (secondary N) is 8. The zero-order valence-electron chi connectivity index (χ0n) is 30.1. The molecule has 284 valence electrons. The van der Waals surface area contributed by atoms with E-state index in [-0.39, 0.29) is 18.3 Å². The smallest absolute Gasteiger partial charge is 0.326 e. The Kier molecular flexibility index (Phi) is 20.6. The number of nitrogens with two attached hydrogens (primary N) is 1. The predicted molar refractivity (Wildman–Crippen MR) is 180 cm³/mol. The fourth-order valence-corrected chi connectivity index (χ4v) is 4.23. The lowest BCUT2D eigenvalue weighted by Crippen LogP contribution is -2.56. The fourth-order valence-electron chi connectivity index (χ4n) is 4.23. The average molecular weight is 714 g/mol. The van der Waals surface area contributed by atoms with E-state index in [1.807, 2.05) is 13.8 Å². The molecule has 0 heterocycles. The van der Waals surface area contributed by atoms with Crippen LogP contribution in [0.25, 0.3) is 0 Å². The summed E-state index contributed by atoms with van der Waals surface area (Å²) in [6.07, 6.45) is 0.631. The molecule has 0 spiro atoms. The Morgan fingerprint density at radius 1 is 0.500 bits per heavy atom. The Morgan fingerprint density at radius 3 is 1.32 bits per heavy atom. The van der Waals surface area contributed by atoms with Gasteiger partial charge < -0.3 is 53.4 Å². The van der Waals surface area contributed by atoms with Gasteiger partial charge in [0, 0.05) is 0 Å². The number of carboxylic acids is 1. The highest BCUT2D eigenvalue weighted by Gasteiger charge is 2.29. The minimum Gasteiger partial charge on any atom is -0.480 e. The van der Waals surface area contributed by atoms with Crippen LogP contribution in [-0.4, -0.2) is 115 Å². The first-order valence-corrected chi connectivity index (χ1v) is 16.4. The molecule has 0 unspecified atom stereocenters. The van der Waals surface area contributed by atoms with Gasteiger partial charge in [0.25, 0.3) is 0 Å². The summed E-state index contributed by atoms with van der Waals surface area (Å²) >= 11 is 0. The summed E-state index contributed by atoms with van der Waals surface area (Å²) in [5.41, 5.74) is 5.75. The molecule has 0 aliphatic heterocycles. The maximum atomic E-state index is 12.7. The van der Waals surface area contributed by atoms with Gasteiger partial charge in [0.2, 0.25) is 47.3 Å². The van der Waals surface area contributed by atoms with Crippen molar-refractivity contribution in [1.82, 2.24) is 42.5 Å². The lowest BCUT2D eigenvalue weighted by Gasteiger charge is -2.25. The van der Waals surface area contributed by atoms with E-state index in [0.29, 0.717) is 6.42 Å². The molecule has 0 radical (unpaired) electrons. The summed E-state index contributed by atoms with van der Waals surface area (Å²) in [6.45, 7) is 11.4. The van der Waals surface area contributed by atoms with Gasteiger partial charge in [0.1, 0.15) is 24.2 Å². The number of hydrogen-bond acceptors (Lipinski definition) is 10. The third-order valence-corrected chi connectivity index (χ3v) is 6.91. The maximum Gasteiger partial charge on any atom is 0.326 e. The van der Waals surface area contributed by atoms with Gasteiger partial charge in [-0.05, 0) is 44.4 Å². The Hall–Kier alpha value is -4.81. The Labute approximate surface area is 292 Å². The molecule has 0 aliphatic rings. The van der Waals surface area contributed by atoms with Crippen LogP contribution in [-0.2, 0) is 43.2 Å². The Bertz CT molecular complexity index is 1230. The summed E-state index contributed by atoms with van der Waals surface area (Å²) in [5.74, 6) is -6.91. The van der Waals surface area contributed by atoms with Gasteiger partial charge in [-0.2, -0.15) is 0 Å². The summed E-state index contributed by atoms with van der Waals surface area (Å²) in [6, 6.07) is -5.15. The number of hydrogen-bond donors (Lipinski definition) is 10. The molecule has 50 heavy (non-hydrogen) atoms. The third-order valence-electron chi connectivity index (χ3n) is 6.91. The molecule has 0 rings (SSSR count). The molecule has 0 saturated heterocycles. The standard InChI is InChI=1S/C31H55N9O10/c1-15(2)9-20(32)29(47)36-13-24(43)38-18(7)27(45)34-11-22(41)33-12-23(42)37-19(8)28(46)35-14-25(44)40-26(17(5)6)30(48)39-21(31(49)50)10-16(3)4/h15-21,26H,9-14,32H2,1-8H3,(H,33,41)(H,34,45)(H,35,46)(H,36,47)(H,37,42)(H,38,43)(H,39,48)(H,40,44)(H,49,50)/t18-,19-,20-,21-,26-/m0/s1. The van der Waals surface area contributed by atoms with Crippen LogP contribution in [0.3, 0.4) is 0 Å². The van der Waals surface area contributed by atoms with Gasteiger partial charge in [-0.25, -0.2) is 4.79 Å². The van der Waals surface area contributed by atoms with Crippen LogP contribution in [0.2, 0.25) is 0 Å². The van der Waals surface area contributed by atoms with Crippen molar-refractivity contribution in [2.45, 2.75) is 98.4 Å². The quantitative estimate of drug-likeness (QED) is 0.0527. The third kappa shape index (κ3) is 19.3. The van der Waals surface area contributed by atoms with Crippen LogP contribution in [0.15, 0.2) is 0 Å². The van der Waals surface area contributed by atoms with Crippen LogP contribution in [0.4, 0.5) is 0 Å². The molecule has 19 heteroatoms. The van der Waals surface area contributed by atoms with Crippen molar-refractivity contribution in [3.8, 4) is 0 Å². The van der Waals surface area contributed by atoms with Gasteiger partial charge >= 0.3 is 5.97 Å². The molecule has 0 fully saturated rings. The van der Waals surface area contributed by atoms with E-state index in [9.17, 15) is 48.3 Å². The lowest BCUT2D eigenvalue weighted by atomic mass is 10.0. The first kappa shape index (κ1) is 45.2. The molecule has 0 aromatic heterocycles. The van der Waals surface area contributed by atoms with Crippen molar-refractivity contribution >= 4 is 53.2 Å². The minimum absolute atomic E-state index is 0.00401. The SMILES string of the molecule is CC(C)C[C@H](NC(=O)[C@@H](NC(=O)CNC(=O)[C@H](C)NC(=O)CNC(=O)CNC(=O)[C@H](C)NC(=O)CNC(=O)[C@@H](N)CC(C)C)C(C)C)C(=O)O. The van der Waals surface area contributed by atoms with Gasteiger partial charge in [-0.15, -0.1) is 0 Å². The zero-order chi connectivity index (χ0) is 38.7. The maximum absolute atomic E-state index is 12.7. The highest BCUT2D eigenvalue weighted by Crippen LogP contribution is 2.08. The van der Waals surface area contributed by atoms with Crippen LogP contribution in [0.1, 0.15) is 68.2 Å². The Morgan fingerprint density at radius 2 is 0.900 bits per heavy atom. The second-order valence-corrected chi connectivity index (χ2v) is 13.1. The second kappa shape index (κ2) is 22.8. The van der Waals surface area contributed by atoms with Crippen molar-refractivity contribution in [2.24, 2.45) is 23.5 Å². The zero-order valence-corrected chi connectivity index (χ0v) is 30.1. The van der Waals surface area contributed by atoms with Gasteiger partial charge in [-0.3, -0.25) is 38.4 Å². The summed E-state index contributed by atoms with van der Waals surface area (Å²) in [7, 11) is 0. The van der Waals surface area contributed by atoms with Crippen molar-refractivity contribution in [3.05, 3.63) is 0 Å². The van der Waals surface area contributed by atoms with Crippen molar-refractivity contribution in [1.29, 1.82) is 0 Å². The highest BCUT2D eigenvalue weighted by atomic mass is 16.4. The van der Waals surface area contributed by atoms with Crippen LogP contribution in [0, 0.1) is 17.8 Å². The fraction of sp³-hybridized carbons (Fsp3) is 0.710. The van der Waals surface area contributed by atoms with Crippen molar-refractivity contribution < 1.29 is 48.3 Å². The predicted octanol–water partition coefficient (Wildman–Crippen LogP) is -3.41. The first-order chi connectivity index (χ1) is 23.1. The molecule has 5 atom stereocenters. The molecular weight excluding hydrogens is 658 g/mol. The molecule has 0 bridgehead atoms. The molecule has 11 N–H and O–H groups in total. The molecular formula is C31H55N9O10. The minimum atomic E-state index is -1.20. The van der Waals surface area contributed by atoms with E-state index in [0.717, 1.165) is 0 Å². The van der Waals surface area contributed by atoms with Crippen molar-refractivity contribution in [2.75, 3.05) is 26.2 Å². The largest absolute Gasteiger partial charge is 0.480 e. The molecule has 8 amide bonds. The topological polar surface area (TPSA) is 296 Å². The number of rotatable bonds is 22. The van der Waals surface area contributed by atoms with Crippen molar-refractivity contribution in [3.63, 3.8) is 0 Å². The molecule has 0 aliphatic carbocycles. The number of amides is 8. The second-order valence-electron chi connectivity index (χ2n) is 13.1. The number of carboxylic acid groups (broad SMARTS) is 1. The molecule has 0 aromatic carbocycles. The Balaban J connectivity index is 4.58.